The Balaban J connectivity index is 0. The van der Waals surface area contributed by atoms with Crippen molar-refractivity contribution in [2.24, 2.45) is 11.8 Å². The van der Waals surface area contributed by atoms with Crippen LogP contribution in [0.1, 0.15) is 25.0 Å². The van der Waals surface area contributed by atoms with Gasteiger partial charge in [0.2, 0.25) is 0 Å². The van der Waals surface area contributed by atoms with E-state index in [0.717, 1.165) is 12.8 Å². The third kappa shape index (κ3) is 14.5. The van der Waals surface area contributed by atoms with Crippen LogP contribution in [0.3, 0.4) is 0 Å². The summed E-state index contributed by atoms with van der Waals surface area (Å²) in [7, 11) is 1.40. The fourth-order valence-corrected chi connectivity index (χ4v) is 1.43. The summed E-state index contributed by atoms with van der Waals surface area (Å²) in [6, 6.07) is 20.9. The molecule has 0 spiro atoms. The molecule has 21 heavy (non-hydrogen) atoms. The van der Waals surface area contributed by atoms with Gasteiger partial charge in [0.05, 0.1) is 7.11 Å². The summed E-state index contributed by atoms with van der Waals surface area (Å²) < 4.78 is 0. The van der Waals surface area contributed by atoms with Crippen LogP contribution < -0.4 is 11.8 Å². The molecule has 0 radical (unpaired) electrons. The van der Waals surface area contributed by atoms with Gasteiger partial charge in [-0.2, -0.15) is 0 Å². The van der Waals surface area contributed by atoms with Crippen molar-refractivity contribution in [1.82, 2.24) is 0 Å². The smallest absolute Gasteiger partial charge is 0.0569 e. The van der Waals surface area contributed by atoms with Gasteiger partial charge in [-0.05, 0) is 24.0 Å². The molecule has 0 aliphatic rings. The quantitative estimate of drug-likeness (QED) is 0.741. The first kappa shape index (κ1) is 21.6. The van der Waals surface area contributed by atoms with E-state index in [1.807, 2.05) is 12.1 Å². The van der Waals surface area contributed by atoms with E-state index in [4.69, 9.17) is 5.21 Å². The van der Waals surface area contributed by atoms with Crippen LogP contribution in [0.2, 0.25) is 0 Å². The Labute approximate surface area is 128 Å². The maximum Gasteiger partial charge on any atom is 0.0569 e. The molecule has 0 saturated carbocycles. The van der Waals surface area contributed by atoms with Crippen molar-refractivity contribution in [1.29, 1.82) is 0 Å². The van der Waals surface area contributed by atoms with Gasteiger partial charge >= 0.3 is 0 Å². The van der Waals surface area contributed by atoms with E-state index in [2.05, 4.69) is 79.0 Å². The normalized spacial score (nSPS) is 8.10. The minimum Gasteiger partial charge on any atom is -0.320 e. The van der Waals surface area contributed by atoms with Crippen molar-refractivity contribution >= 4 is 0 Å². The van der Waals surface area contributed by atoms with Crippen LogP contribution in [0.4, 0.5) is 0 Å². The van der Waals surface area contributed by atoms with E-state index in [1.54, 1.807) is 0 Å². The van der Waals surface area contributed by atoms with E-state index in [9.17, 15) is 0 Å². The van der Waals surface area contributed by atoms with Gasteiger partial charge in [-0.25, -0.2) is 11.8 Å². The summed E-state index contributed by atoms with van der Waals surface area (Å²) in [5.74, 6) is 7.85. The van der Waals surface area contributed by atoms with Crippen molar-refractivity contribution in [3.05, 3.63) is 71.8 Å². The van der Waals surface area contributed by atoms with E-state index in [-0.39, 0.29) is 0 Å². The molecule has 0 saturated heterocycles. The second kappa shape index (κ2) is 18.3. The molecule has 0 aliphatic carbocycles. The van der Waals surface area contributed by atoms with Crippen LogP contribution in [-0.4, -0.2) is 12.3 Å². The van der Waals surface area contributed by atoms with Gasteiger partial charge < -0.3 is 10.0 Å². The maximum atomic E-state index is 6.50. The summed E-state index contributed by atoms with van der Waals surface area (Å²) in [6.07, 6.45) is 2.28. The molecule has 118 valence electrons. The lowest BCUT2D eigenvalue weighted by molar-refractivity contribution is 0.206. The lowest BCUT2D eigenvalue weighted by Crippen LogP contribution is -1.86. The standard InChI is InChI=1S/2C8H10.CH5NO.H3NO/c2*1-2-8-6-4-3-5-7-8;1-3-2;1-2/h2*3-7H,2H2,1H3;2H2,1H3;2H,1H2. The molecule has 0 amide bonds. The molecule has 0 unspecified atom stereocenters. The van der Waals surface area contributed by atoms with Crippen molar-refractivity contribution in [3.63, 3.8) is 0 Å². The molecule has 0 aromatic heterocycles. The van der Waals surface area contributed by atoms with Gasteiger partial charge in [0.15, 0.2) is 0 Å². The van der Waals surface area contributed by atoms with Crippen molar-refractivity contribution in [3.8, 4) is 0 Å². The molecule has 5 N–H and O–H groups in total. The number of aryl methyl sites for hydroxylation is 2. The highest BCUT2D eigenvalue weighted by molar-refractivity contribution is 5.14. The Morgan fingerprint density at radius 2 is 1.00 bits per heavy atom. The SMILES string of the molecule is CCc1ccccc1.CCc1ccccc1.CON.NO. The highest BCUT2D eigenvalue weighted by Gasteiger charge is 1.80. The number of hydrogen-bond donors (Lipinski definition) is 3. The minimum atomic E-state index is 1.14. The van der Waals surface area contributed by atoms with Crippen LogP contribution in [0, 0.1) is 0 Å². The molecular formula is C17H28N2O2. The Morgan fingerprint density at radius 3 is 1.14 bits per heavy atom. The lowest BCUT2D eigenvalue weighted by Gasteiger charge is -1.89. The van der Waals surface area contributed by atoms with Gasteiger partial charge in [-0.3, -0.25) is 0 Å². The van der Waals surface area contributed by atoms with Crippen molar-refractivity contribution in [2.45, 2.75) is 26.7 Å². The summed E-state index contributed by atoms with van der Waals surface area (Å²) in [5.41, 5.74) is 2.82. The van der Waals surface area contributed by atoms with Gasteiger partial charge in [0.1, 0.15) is 0 Å². The number of rotatable bonds is 2. The zero-order valence-electron chi connectivity index (χ0n) is 13.2. The molecule has 4 nitrogen and oxygen atoms in total. The van der Waals surface area contributed by atoms with E-state index < -0.39 is 0 Å². The Hall–Kier alpha value is -1.72. The summed E-state index contributed by atoms with van der Waals surface area (Å²) in [4.78, 5) is 3.75. The first-order valence-corrected chi connectivity index (χ1v) is 6.84. The minimum absolute atomic E-state index is 1.14. The van der Waals surface area contributed by atoms with Crippen molar-refractivity contribution in [2.75, 3.05) is 7.11 Å². The van der Waals surface area contributed by atoms with Crippen LogP contribution in [0.5, 0.6) is 0 Å². The Kier molecular flexibility index (Phi) is 18.8. The predicted octanol–water partition coefficient (Wildman–Crippen LogP) is 3.34. The van der Waals surface area contributed by atoms with Crippen LogP contribution in [-0.2, 0) is 17.7 Å². The Bertz CT molecular complexity index is 355. The second-order valence-electron chi connectivity index (χ2n) is 3.91. The number of nitrogens with two attached hydrogens (primary N) is 2. The average Bonchev–Trinajstić information content (AvgIpc) is 2.59. The van der Waals surface area contributed by atoms with Gasteiger partial charge in [0, 0.05) is 0 Å². The highest BCUT2D eigenvalue weighted by Crippen LogP contribution is 1.97. The first-order chi connectivity index (χ1) is 10.3. The predicted molar refractivity (Wildman–Crippen MR) is 88.8 cm³/mol. The number of benzene rings is 2. The number of hydrogen-bond acceptors (Lipinski definition) is 4. The van der Waals surface area contributed by atoms with Gasteiger partial charge in [-0.1, -0.05) is 74.5 Å². The third-order valence-electron chi connectivity index (χ3n) is 2.50. The molecule has 4 heteroatoms. The molecule has 2 aromatic rings. The molecule has 0 bridgehead atoms. The van der Waals surface area contributed by atoms with Gasteiger partial charge in [-0.15, -0.1) is 0 Å². The summed E-state index contributed by atoms with van der Waals surface area (Å²) in [5, 5.41) is 6.50. The molecular weight excluding hydrogens is 264 g/mol. The fourth-order valence-electron chi connectivity index (χ4n) is 1.43. The van der Waals surface area contributed by atoms with E-state index in [0.29, 0.717) is 0 Å². The van der Waals surface area contributed by atoms with E-state index >= 15 is 0 Å². The largest absolute Gasteiger partial charge is 0.320 e. The average molecular weight is 292 g/mol. The lowest BCUT2D eigenvalue weighted by atomic mass is 10.2. The summed E-state index contributed by atoms with van der Waals surface area (Å²) in [6.45, 7) is 4.32. The van der Waals surface area contributed by atoms with Crippen LogP contribution in [0.25, 0.3) is 0 Å². The third-order valence-corrected chi connectivity index (χ3v) is 2.50. The van der Waals surface area contributed by atoms with E-state index in [1.165, 1.54) is 18.2 Å². The zero-order valence-corrected chi connectivity index (χ0v) is 13.2. The topological polar surface area (TPSA) is 81.5 Å². The molecule has 0 aliphatic heterocycles. The van der Waals surface area contributed by atoms with Gasteiger partial charge in [0.25, 0.3) is 0 Å². The first-order valence-electron chi connectivity index (χ1n) is 6.84. The molecule has 0 fully saturated rings. The van der Waals surface area contributed by atoms with Crippen molar-refractivity contribution < 1.29 is 10.0 Å². The second-order valence-corrected chi connectivity index (χ2v) is 3.91. The molecule has 0 heterocycles. The Morgan fingerprint density at radius 1 is 0.762 bits per heavy atom. The van der Waals surface area contributed by atoms with Crippen LogP contribution in [0.15, 0.2) is 60.7 Å². The summed E-state index contributed by atoms with van der Waals surface area (Å²) >= 11 is 0. The molecule has 0 atom stereocenters. The zero-order chi connectivity index (χ0) is 16.3. The highest BCUT2D eigenvalue weighted by atomic mass is 16.6. The molecule has 2 aromatic carbocycles. The monoisotopic (exact) mass is 292 g/mol. The maximum absolute atomic E-state index is 6.50. The molecule has 2 rings (SSSR count). The van der Waals surface area contributed by atoms with Crippen LogP contribution >= 0.6 is 0 Å². The fraction of sp³-hybridized carbons (Fsp3) is 0.294.